The van der Waals surface area contributed by atoms with E-state index in [9.17, 15) is 9.59 Å². The molecule has 6 nitrogen and oxygen atoms in total. The first-order chi connectivity index (χ1) is 12.5. The number of carboxylic acid groups (broad SMARTS) is 1. The number of carboxylic acids is 1. The van der Waals surface area contributed by atoms with E-state index < -0.39 is 5.97 Å². The van der Waals surface area contributed by atoms with Gasteiger partial charge in [-0.15, -0.1) is 0 Å². The van der Waals surface area contributed by atoms with Crippen molar-refractivity contribution in [2.75, 3.05) is 11.6 Å². The van der Waals surface area contributed by atoms with Crippen LogP contribution in [0.4, 0.5) is 5.69 Å². The number of rotatable bonds is 5. The van der Waals surface area contributed by atoms with Gasteiger partial charge in [-0.25, -0.2) is 4.79 Å². The molecule has 0 saturated heterocycles. The summed E-state index contributed by atoms with van der Waals surface area (Å²) < 4.78 is 5.41. The van der Waals surface area contributed by atoms with E-state index in [0.29, 0.717) is 23.6 Å². The summed E-state index contributed by atoms with van der Waals surface area (Å²) in [5, 5.41) is 14.5. The average molecular weight is 350 g/mol. The molecule has 0 spiro atoms. The zero-order valence-corrected chi connectivity index (χ0v) is 14.5. The molecule has 6 heteroatoms. The summed E-state index contributed by atoms with van der Waals surface area (Å²) in [5.41, 5.74) is 2.65. The van der Waals surface area contributed by atoms with Gasteiger partial charge in [0.25, 0.3) is 5.91 Å². The highest BCUT2D eigenvalue weighted by molar-refractivity contribution is 6.32. The van der Waals surface area contributed by atoms with Crippen LogP contribution in [0.1, 0.15) is 29.8 Å². The molecule has 26 heavy (non-hydrogen) atoms. The van der Waals surface area contributed by atoms with Gasteiger partial charge in [0.2, 0.25) is 0 Å². The Balaban J connectivity index is 1.84. The first-order valence-corrected chi connectivity index (χ1v) is 8.17. The molecular weight excluding hydrogens is 332 g/mol. The minimum Gasteiger partial charge on any atom is -0.494 e. The summed E-state index contributed by atoms with van der Waals surface area (Å²) in [4.78, 5) is 23.7. The third kappa shape index (κ3) is 3.49. The molecule has 0 fully saturated rings. The molecule has 1 N–H and O–H groups in total. The van der Waals surface area contributed by atoms with Crippen LogP contribution in [-0.4, -0.2) is 29.3 Å². The van der Waals surface area contributed by atoms with Gasteiger partial charge in [0.05, 0.1) is 29.1 Å². The van der Waals surface area contributed by atoms with Gasteiger partial charge in [-0.05, 0) is 61.9 Å². The summed E-state index contributed by atoms with van der Waals surface area (Å²) in [5.74, 6) is -0.488. The molecule has 0 aromatic heterocycles. The number of hydrazone groups is 1. The highest BCUT2D eigenvalue weighted by Crippen LogP contribution is 2.25. The summed E-state index contributed by atoms with van der Waals surface area (Å²) >= 11 is 0. The number of carbonyl (C=O) groups is 2. The largest absolute Gasteiger partial charge is 0.494 e. The maximum Gasteiger partial charge on any atom is 0.335 e. The molecule has 0 unspecified atom stereocenters. The Bertz CT molecular complexity index is 896. The maximum absolute atomic E-state index is 12.7. The minimum atomic E-state index is -1.01. The maximum atomic E-state index is 12.7. The Kier molecular flexibility index (Phi) is 4.84. The number of hydrogen-bond donors (Lipinski definition) is 1. The monoisotopic (exact) mass is 350 g/mol. The number of anilines is 1. The molecule has 132 valence electrons. The fourth-order valence-corrected chi connectivity index (χ4v) is 2.60. The Morgan fingerprint density at radius 3 is 2.38 bits per heavy atom. The van der Waals surface area contributed by atoms with Crippen molar-refractivity contribution in [3.8, 4) is 5.75 Å². The lowest BCUT2D eigenvalue weighted by Gasteiger charge is -2.11. The summed E-state index contributed by atoms with van der Waals surface area (Å²) in [6.07, 6.45) is 1.78. The standard InChI is InChI=1S/C20H18N2O4/c1-3-26-17-10-4-14(5-11-17)12-18-13(2)21-22(19(18)23)16-8-6-15(7-9-16)20(24)25/h4-12H,3H2,1-2H3,(H,24,25)/b18-12+. The van der Waals surface area contributed by atoms with E-state index >= 15 is 0 Å². The zero-order valence-electron chi connectivity index (χ0n) is 14.5. The number of hydrogen-bond acceptors (Lipinski definition) is 4. The van der Waals surface area contributed by atoms with Crippen LogP contribution in [0.3, 0.4) is 0 Å². The highest BCUT2D eigenvalue weighted by atomic mass is 16.5. The van der Waals surface area contributed by atoms with Gasteiger partial charge in [0.1, 0.15) is 5.75 Å². The molecule has 3 rings (SSSR count). The van der Waals surface area contributed by atoms with Crippen LogP contribution < -0.4 is 9.75 Å². The molecule has 1 aliphatic heterocycles. The molecule has 1 heterocycles. The lowest BCUT2D eigenvalue weighted by atomic mass is 10.1. The Labute approximate surface area is 151 Å². The molecular formula is C20H18N2O4. The summed E-state index contributed by atoms with van der Waals surface area (Å²) in [6.45, 7) is 4.29. The second-order valence-electron chi connectivity index (χ2n) is 5.71. The second kappa shape index (κ2) is 7.23. The van der Waals surface area contributed by atoms with Crippen LogP contribution in [-0.2, 0) is 4.79 Å². The number of aromatic carboxylic acids is 1. The van der Waals surface area contributed by atoms with Crippen LogP contribution in [0.15, 0.2) is 59.2 Å². The van der Waals surface area contributed by atoms with Gasteiger partial charge in [0, 0.05) is 0 Å². The third-order valence-electron chi connectivity index (χ3n) is 3.92. The topological polar surface area (TPSA) is 79.2 Å². The fourth-order valence-electron chi connectivity index (χ4n) is 2.60. The van der Waals surface area contributed by atoms with Gasteiger partial charge in [-0.2, -0.15) is 10.1 Å². The Morgan fingerprint density at radius 1 is 1.15 bits per heavy atom. The molecule has 0 aliphatic carbocycles. The van der Waals surface area contributed by atoms with E-state index in [2.05, 4.69) is 5.10 Å². The van der Waals surface area contributed by atoms with Crippen molar-refractivity contribution in [3.05, 3.63) is 65.2 Å². The highest BCUT2D eigenvalue weighted by Gasteiger charge is 2.28. The number of nitrogens with zero attached hydrogens (tertiary/aromatic N) is 2. The lowest BCUT2D eigenvalue weighted by molar-refractivity contribution is -0.114. The van der Waals surface area contributed by atoms with Crippen LogP contribution in [0.25, 0.3) is 6.08 Å². The lowest BCUT2D eigenvalue weighted by Crippen LogP contribution is -2.21. The second-order valence-corrected chi connectivity index (χ2v) is 5.71. The van der Waals surface area contributed by atoms with Crippen molar-refractivity contribution in [3.63, 3.8) is 0 Å². The molecule has 1 aliphatic rings. The molecule has 2 aromatic rings. The van der Waals surface area contributed by atoms with E-state index in [4.69, 9.17) is 9.84 Å². The first-order valence-electron chi connectivity index (χ1n) is 8.17. The summed E-state index contributed by atoms with van der Waals surface area (Å²) in [7, 11) is 0. The molecule has 0 atom stereocenters. The van der Waals surface area contributed by atoms with Gasteiger partial charge in [-0.1, -0.05) is 12.1 Å². The molecule has 2 aromatic carbocycles. The van der Waals surface area contributed by atoms with Gasteiger partial charge in [0.15, 0.2) is 0 Å². The quantitative estimate of drug-likeness (QED) is 0.836. The predicted molar refractivity (Wildman–Crippen MR) is 99.6 cm³/mol. The van der Waals surface area contributed by atoms with E-state index in [1.54, 1.807) is 25.1 Å². The predicted octanol–water partition coefficient (Wildman–Crippen LogP) is 3.59. The van der Waals surface area contributed by atoms with Gasteiger partial charge < -0.3 is 9.84 Å². The minimum absolute atomic E-state index is 0.159. The van der Waals surface area contributed by atoms with Crippen molar-refractivity contribution in [2.45, 2.75) is 13.8 Å². The Morgan fingerprint density at radius 2 is 1.81 bits per heavy atom. The normalized spacial score (nSPS) is 15.3. The molecule has 0 radical (unpaired) electrons. The van der Waals surface area contributed by atoms with Crippen LogP contribution in [0.2, 0.25) is 0 Å². The number of benzene rings is 2. The number of carbonyl (C=O) groups excluding carboxylic acids is 1. The first kappa shape index (κ1) is 17.4. The van der Waals surface area contributed by atoms with Gasteiger partial charge in [-0.3, -0.25) is 4.79 Å². The number of amides is 1. The SMILES string of the molecule is CCOc1ccc(/C=C2/C(=O)N(c3ccc(C(=O)O)cc3)N=C2C)cc1. The van der Waals surface area contributed by atoms with Crippen molar-refractivity contribution in [1.29, 1.82) is 0 Å². The zero-order chi connectivity index (χ0) is 18.7. The van der Waals surface area contributed by atoms with E-state index in [0.717, 1.165) is 11.3 Å². The van der Waals surface area contributed by atoms with Crippen molar-refractivity contribution in [2.24, 2.45) is 5.10 Å². The molecule has 0 bridgehead atoms. The summed E-state index contributed by atoms with van der Waals surface area (Å²) in [6, 6.07) is 13.5. The number of ether oxygens (including phenoxy) is 1. The van der Waals surface area contributed by atoms with Crippen molar-refractivity contribution >= 4 is 29.4 Å². The van der Waals surface area contributed by atoms with Crippen molar-refractivity contribution < 1.29 is 19.4 Å². The Hall–Kier alpha value is -3.41. The third-order valence-corrected chi connectivity index (χ3v) is 3.92. The van der Waals surface area contributed by atoms with Gasteiger partial charge >= 0.3 is 5.97 Å². The fraction of sp³-hybridized carbons (Fsp3) is 0.150. The average Bonchev–Trinajstić information content (AvgIpc) is 2.92. The van der Waals surface area contributed by atoms with E-state index in [1.807, 2.05) is 31.2 Å². The smallest absolute Gasteiger partial charge is 0.335 e. The van der Waals surface area contributed by atoms with E-state index in [1.165, 1.54) is 17.1 Å². The molecule has 1 amide bonds. The van der Waals surface area contributed by atoms with Crippen LogP contribution >= 0.6 is 0 Å². The van der Waals surface area contributed by atoms with Crippen molar-refractivity contribution in [1.82, 2.24) is 0 Å². The van der Waals surface area contributed by atoms with E-state index in [-0.39, 0.29) is 11.5 Å². The van der Waals surface area contributed by atoms with Crippen LogP contribution in [0.5, 0.6) is 5.75 Å². The molecule has 0 saturated carbocycles. The van der Waals surface area contributed by atoms with Crippen LogP contribution in [0, 0.1) is 0 Å².